The Morgan fingerprint density at radius 3 is 2.71 bits per heavy atom. The van der Waals surface area contributed by atoms with Gasteiger partial charge in [-0.1, -0.05) is 12.1 Å². The van der Waals surface area contributed by atoms with Gasteiger partial charge in [0.2, 0.25) is 0 Å². The number of fused-ring (bicyclic) bond motifs is 1. The topological polar surface area (TPSA) is 87.0 Å². The zero-order chi connectivity index (χ0) is 15.0. The number of hydrogen-bond acceptors (Lipinski definition) is 5. The number of carboxylic acids is 1. The fourth-order valence-electron chi connectivity index (χ4n) is 2.02. The molecule has 0 bridgehead atoms. The Morgan fingerprint density at radius 1 is 1.24 bits per heavy atom. The summed E-state index contributed by atoms with van der Waals surface area (Å²) in [6, 6.07) is 9.84. The number of hydrogen-bond donors (Lipinski definition) is 1. The van der Waals surface area contributed by atoms with Gasteiger partial charge in [0.05, 0.1) is 12.2 Å². The second-order valence-electron chi connectivity index (χ2n) is 4.36. The summed E-state index contributed by atoms with van der Waals surface area (Å²) >= 11 is 1.16. The van der Waals surface area contributed by atoms with Gasteiger partial charge in [-0.2, -0.15) is 8.42 Å². The zero-order valence-electron chi connectivity index (χ0n) is 10.6. The van der Waals surface area contributed by atoms with Crippen molar-refractivity contribution in [2.75, 3.05) is 4.90 Å². The van der Waals surface area contributed by atoms with Crippen LogP contribution >= 0.6 is 11.3 Å². The van der Waals surface area contributed by atoms with Crippen LogP contribution in [0.5, 0.6) is 0 Å². The van der Waals surface area contributed by atoms with E-state index in [2.05, 4.69) is 4.40 Å². The van der Waals surface area contributed by atoms with Crippen LogP contribution in [0.25, 0.3) is 0 Å². The van der Waals surface area contributed by atoms with E-state index in [1.807, 2.05) is 0 Å². The molecule has 8 heteroatoms. The van der Waals surface area contributed by atoms with Gasteiger partial charge in [-0.15, -0.1) is 15.7 Å². The molecule has 2 heterocycles. The monoisotopic (exact) mass is 322 g/mol. The predicted octanol–water partition coefficient (Wildman–Crippen LogP) is 2.18. The number of carboxylic acid groups (broad SMARTS) is 1. The minimum absolute atomic E-state index is 0.155. The first-order valence-corrected chi connectivity index (χ1v) is 8.21. The van der Waals surface area contributed by atoms with Crippen molar-refractivity contribution >= 4 is 39.4 Å². The van der Waals surface area contributed by atoms with E-state index in [0.717, 1.165) is 16.2 Å². The van der Waals surface area contributed by atoms with E-state index < -0.39 is 16.0 Å². The third-order valence-corrected chi connectivity index (χ3v) is 5.31. The first-order valence-electron chi connectivity index (χ1n) is 5.95. The van der Waals surface area contributed by atoms with Crippen molar-refractivity contribution in [3.05, 3.63) is 46.2 Å². The molecule has 2 aromatic rings. The van der Waals surface area contributed by atoms with E-state index >= 15 is 0 Å². The molecule has 1 N–H and O–H groups in total. The second-order valence-corrected chi connectivity index (χ2v) is 7.13. The van der Waals surface area contributed by atoms with Gasteiger partial charge in [0.25, 0.3) is 10.0 Å². The lowest BCUT2D eigenvalue weighted by molar-refractivity contribution is 0.0702. The maximum absolute atomic E-state index is 11.9. The van der Waals surface area contributed by atoms with E-state index in [1.54, 1.807) is 29.2 Å². The molecule has 0 radical (unpaired) electrons. The molecule has 21 heavy (non-hydrogen) atoms. The number of anilines is 1. The number of sulfonamides is 1. The Kier molecular flexibility index (Phi) is 3.26. The summed E-state index contributed by atoms with van der Waals surface area (Å²) in [7, 11) is -3.64. The molecule has 0 unspecified atom stereocenters. The zero-order valence-corrected chi connectivity index (χ0v) is 12.3. The lowest BCUT2D eigenvalue weighted by atomic mass is 10.3. The predicted molar refractivity (Wildman–Crippen MR) is 79.6 cm³/mol. The average Bonchev–Trinajstić information content (AvgIpc) is 2.91. The molecule has 0 atom stereocenters. The molecule has 0 saturated carbocycles. The first-order chi connectivity index (χ1) is 9.97. The number of nitrogens with zero attached hydrogens (tertiary/aromatic N) is 2. The summed E-state index contributed by atoms with van der Waals surface area (Å²) < 4.78 is 27.3. The third kappa shape index (κ3) is 2.55. The molecule has 0 aliphatic carbocycles. The standard InChI is InChI=1S/C13H10N2O4S2/c16-13(17)11-6-5-9(20-11)7-15-8-14-21(18,19)12-4-2-1-3-10(12)15/h1-6,8H,7H2,(H,16,17). The van der Waals surface area contributed by atoms with E-state index in [9.17, 15) is 13.2 Å². The number of carbonyl (C=O) groups is 1. The van der Waals surface area contributed by atoms with Gasteiger partial charge in [0.1, 0.15) is 16.1 Å². The van der Waals surface area contributed by atoms with Gasteiger partial charge in [-0.05, 0) is 24.3 Å². The lowest BCUT2D eigenvalue weighted by Gasteiger charge is -2.24. The molecular weight excluding hydrogens is 312 g/mol. The minimum Gasteiger partial charge on any atom is -0.477 e. The Morgan fingerprint density at radius 2 is 2.00 bits per heavy atom. The highest BCUT2D eigenvalue weighted by Gasteiger charge is 2.25. The second kappa shape index (κ2) is 4.97. The van der Waals surface area contributed by atoms with Crippen molar-refractivity contribution in [2.24, 2.45) is 4.40 Å². The van der Waals surface area contributed by atoms with Crippen molar-refractivity contribution in [1.82, 2.24) is 0 Å². The Hall–Kier alpha value is -2.19. The maximum Gasteiger partial charge on any atom is 0.345 e. The summed E-state index contributed by atoms with van der Waals surface area (Å²) in [6.45, 7) is 0.369. The summed E-state index contributed by atoms with van der Waals surface area (Å²) in [4.78, 5) is 13.8. The Labute approximate surface area is 125 Å². The Balaban J connectivity index is 1.95. The van der Waals surface area contributed by atoms with Crippen LogP contribution in [0.1, 0.15) is 14.5 Å². The number of thiophene rings is 1. The van der Waals surface area contributed by atoms with Crippen LogP contribution in [-0.2, 0) is 16.6 Å². The van der Waals surface area contributed by atoms with Crippen molar-refractivity contribution in [3.63, 3.8) is 0 Å². The van der Waals surface area contributed by atoms with Crippen molar-refractivity contribution in [2.45, 2.75) is 11.4 Å². The smallest absolute Gasteiger partial charge is 0.345 e. The quantitative estimate of drug-likeness (QED) is 0.936. The van der Waals surface area contributed by atoms with Crippen LogP contribution in [0.4, 0.5) is 5.69 Å². The summed E-state index contributed by atoms with van der Waals surface area (Å²) in [5.74, 6) is -0.971. The first kappa shape index (κ1) is 13.8. The van der Waals surface area contributed by atoms with Crippen LogP contribution in [0.3, 0.4) is 0 Å². The fourth-order valence-corrected chi connectivity index (χ4v) is 3.92. The summed E-state index contributed by atoms with van der Waals surface area (Å²) in [5.41, 5.74) is 0.540. The largest absolute Gasteiger partial charge is 0.477 e. The SMILES string of the molecule is O=C(O)c1ccc(CN2C=NS(=O)(=O)c3ccccc32)s1. The molecular formula is C13H10N2O4S2. The average molecular weight is 322 g/mol. The van der Waals surface area contributed by atoms with Gasteiger partial charge in [0.15, 0.2) is 0 Å². The highest BCUT2D eigenvalue weighted by molar-refractivity contribution is 7.90. The van der Waals surface area contributed by atoms with Gasteiger partial charge in [-0.25, -0.2) is 4.79 Å². The minimum atomic E-state index is -3.64. The molecule has 108 valence electrons. The number of para-hydroxylation sites is 1. The number of benzene rings is 1. The number of rotatable bonds is 3. The highest BCUT2D eigenvalue weighted by atomic mass is 32.2. The van der Waals surface area contributed by atoms with Gasteiger partial charge < -0.3 is 10.0 Å². The molecule has 1 aromatic carbocycles. The van der Waals surface area contributed by atoms with Crippen LogP contribution in [0.15, 0.2) is 45.7 Å². The lowest BCUT2D eigenvalue weighted by Crippen LogP contribution is -2.26. The van der Waals surface area contributed by atoms with Crippen LogP contribution in [0.2, 0.25) is 0 Å². The molecule has 0 saturated heterocycles. The summed E-state index contributed by atoms with van der Waals surface area (Å²) in [6.07, 6.45) is 1.26. The van der Waals surface area contributed by atoms with Gasteiger partial charge in [0, 0.05) is 4.88 Å². The van der Waals surface area contributed by atoms with Crippen molar-refractivity contribution in [1.29, 1.82) is 0 Å². The van der Waals surface area contributed by atoms with Crippen molar-refractivity contribution < 1.29 is 18.3 Å². The van der Waals surface area contributed by atoms with Gasteiger partial charge in [-0.3, -0.25) is 0 Å². The molecule has 6 nitrogen and oxygen atoms in total. The highest BCUT2D eigenvalue weighted by Crippen LogP contribution is 2.31. The molecule has 1 aromatic heterocycles. The van der Waals surface area contributed by atoms with Crippen LogP contribution in [-0.4, -0.2) is 25.8 Å². The third-order valence-electron chi connectivity index (χ3n) is 2.98. The summed E-state index contributed by atoms with van der Waals surface area (Å²) in [5, 5.41) is 8.92. The molecule has 0 spiro atoms. The van der Waals surface area contributed by atoms with Crippen LogP contribution in [0, 0.1) is 0 Å². The molecule has 3 rings (SSSR count). The Bertz CT molecular complexity index is 839. The van der Waals surface area contributed by atoms with Crippen LogP contribution < -0.4 is 4.90 Å². The normalized spacial score (nSPS) is 15.7. The molecule has 0 fully saturated rings. The van der Waals surface area contributed by atoms with E-state index in [-0.39, 0.29) is 9.77 Å². The molecule has 0 amide bonds. The fraction of sp³-hybridized carbons (Fsp3) is 0.0769. The number of aromatic carboxylic acids is 1. The molecule has 1 aliphatic heterocycles. The van der Waals surface area contributed by atoms with E-state index in [0.29, 0.717) is 12.2 Å². The van der Waals surface area contributed by atoms with E-state index in [4.69, 9.17) is 5.11 Å². The van der Waals surface area contributed by atoms with Crippen molar-refractivity contribution in [3.8, 4) is 0 Å². The maximum atomic E-state index is 11.9. The molecule has 1 aliphatic rings. The van der Waals surface area contributed by atoms with E-state index in [1.165, 1.54) is 18.5 Å². The van der Waals surface area contributed by atoms with Gasteiger partial charge >= 0.3 is 5.97 Å².